The molecule has 7 heteroatoms. The van der Waals surface area contributed by atoms with Gasteiger partial charge < -0.3 is 9.80 Å². The minimum atomic E-state index is 0.210. The molecular weight excluding hydrogens is 316 g/mol. The highest BCUT2D eigenvalue weighted by molar-refractivity contribution is 5.76. The van der Waals surface area contributed by atoms with Crippen molar-refractivity contribution in [3.8, 4) is 0 Å². The summed E-state index contributed by atoms with van der Waals surface area (Å²) in [5, 5.41) is 4.57. The van der Waals surface area contributed by atoms with E-state index in [1.54, 1.807) is 16.9 Å². The summed E-state index contributed by atoms with van der Waals surface area (Å²) in [4.78, 5) is 24.9. The zero-order chi connectivity index (χ0) is 17.1. The van der Waals surface area contributed by atoms with Crippen molar-refractivity contribution in [2.45, 2.75) is 12.8 Å². The van der Waals surface area contributed by atoms with Gasteiger partial charge in [-0.1, -0.05) is 6.07 Å². The predicted molar refractivity (Wildman–Crippen MR) is 94.3 cm³/mol. The molecule has 3 aromatic rings. The number of carbonyl (C=O) groups excluding carboxylic acids is 1. The number of aromatic nitrogens is 4. The van der Waals surface area contributed by atoms with Gasteiger partial charge in [-0.25, -0.2) is 9.50 Å². The quantitative estimate of drug-likeness (QED) is 0.721. The molecule has 1 fully saturated rings. The highest BCUT2D eigenvalue weighted by Gasteiger charge is 2.22. The molecule has 1 aliphatic heterocycles. The Balaban J connectivity index is 1.32. The molecule has 0 bridgehead atoms. The fourth-order valence-corrected chi connectivity index (χ4v) is 3.11. The van der Waals surface area contributed by atoms with E-state index in [-0.39, 0.29) is 5.91 Å². The van der Waals surface area contributed by atoms with E-state index < -0.39 is 0 Å². The Bertz CT molecular complexity index is 854. The normalized spacial score (nSPS) is 14.9. The van der Waals surface area contributed by atoms with E-state index >= 15 is 0 Å². The average Bonchev–Trinajstić information content (AvgIpc) is 3.15. The van der Waals surface area contributed by atoms with Crippen LogP contribution in [0.5, 0.6) is 0 Å². The summed E-state index contributed by atoms with van der Waals surface area (Å²) < 4.78 is 1.78. The number of hydrogen-bond donors (Lipinski definition) is 0. The number of carbonyl (C=O) groups is 1. The van der Waals surface area contributed by atoms with Crippen LogP contribution in [0, 0.1) is 0 Å². The zero-order valence-electron chi connectivity index (χ0n) is 14.0. The van der Waals surface area contributed by atoms with Crippen molar-refractivity contribution in [1.29, 1.82) is 0 Å². The van der Waals surface area contributed by atoms with Crippen molar-refractivity contribution < 1.29 is 4.79 Å². The molecule has 0 aliphatic carbocycles. The van der Waals surface area contributed by atoms with E-state index in [1.165, 1.54) is 0 Å². The van der Waals surface area contributed by atoms with Crippen LogP contribution in [-0.4, -0.2) is 56.6 Å². The number of hydrogen-bond acceptors (Lipinski definition) is 5. The minimum absolute atomic E-state index is 0.210. The van der Waals surface area contributed by atoms with E-state index in [0.29, 0.717) is 6.42 Å². The predicted octanol–water partition coefficient (Wildman–Crippen LogP) is 1.41. The van der Waals surface area contributed by atoms with Crippen molar-refractivity contribution in [2.75, 3.05) is 31.1 Å². The first kappa shape index (κ1) is 15.6. The molecule has 1 amide bonds. The Labute approximate surface area is 145 Å². The van der Waals surface area contributed by atoms with E-state index in [2.05, 4.69) is 20.0 Å². The number of aryl methyl sites for hydroxylation is 1. The fraction of sp³-hybridized carbons (Fsp3) is 0.333. The van der Waals surface area contributed by atoms with Gasteiger partial charge in [-0.2, -0.15) is 0 Å². The SMILES string of the molecule is O=C(CCc1cccnc1)N1CCN(c2ccc3nccn3n2)CC1. The first-order chi connectivity index (χ1) is 12.3. The average molecular weight is 336 g/mol. The third kappa shape index (κ3) is 3.45. The van der Waals surface area contributed by atoms with Gasteiger partial charge in [-0.05, 0) is 30.2 Å². The number of fused-ring (bicyclic) bond motifs is 1. The molecule has 0 aromatic carbocycles. The highest BCUT2D eigenvalue weighted by Crippen LogP contribution is 2.15. The molecule has 3 aromatic heterocycles. The van der Waals surface area contributed by atoms with Crippen LogP contribution in [0.3, 0.4) is 0 Å². The van der Waals surface area contributed by atoms with Gasteiger partial charge in [0.15, 0.2) is 5.65 Å². The molecule has 1 saturated heterocycles. The monoisotopic (exact) mass is 336 g/mol. The van der Waals surface area contributed by atoms with Gasteiger partial charge in [-0.3, -0.25) is 9.78 Å². The van der Waals surface area contributed by atoms with Crippen LogP contribution in [0.15, 0.2) is 49.1 Å². The highest BCUT2D eigenvalue weighted by atomic mass is 16.2. The molecule has 0 N–H and O–H groups in total. The van der Waals surface area contributed by atoms with Gasteiger partial charge in [0.05, 0.1) is 0 Å². The fourth-order valence-electron chi connectivity index (χ4n) is 3.11. The van der Waals surface area contributed by atoms with Crippen molar-refractivity contribution in [3.05, 3.63) is 54.6 Å². The van der Waals surface area contributed by atoms with Crippen LogP contribution < -0.4 is 4.90 Å². The van der Waals surface area contributed by atoms with E-state index in [0.717, 1.165) is 49.6 Å². The van der Waals surface area contributed by atoms with Crippen LogP contribution in [0.1, 0.15) is 12.0 Å². The number of imidazole rings is 1. The maximum absolute atomic E-state index is 12.4. The third-order valence-corrected chi connectivity index (χ3v) is 4.55. The topological polar surface area (TPSA) is 66.6 Å². The summed E-state index contributed by atoms with van der Waals surface area (Å²) in [5.74, 6) is 1.13. The van der Waals surface area contributed by atoms with Crippen LogP contribution in [0.25, 0.3) is 5.65 Å². The Hall–Kier alpha value is -2.96. The summed E-state index contributed by atoms with van der Waals surface area (Å²) in [6, 6.07) is 7.87. The van der Waals surface area contributed by atoms with Gasteiger partial charge in [-0.15, -0.1) is 5.10 Å². The summed E-state index contributed by atoms with van der Waals surface area (Å²) in [7, 11) is 0. The molecular formula is C18H20N6O. The number of rotatable bonds is 4. The smallest absolute Gasteiger partial charge is 0.223 e. The Morgan fingerprint density at radius 1 is 1.08 bits per heavy atom. The van der Waals surface area contributed by atoms with Gasteiger partial charge in [0.2, 0.25) is 5.91 Å². The first-order valence-corrected chi connectivity index (χ1v) is 8.52. The lowest BCUT2D eigenvalue weighted by Crippen LogP contribution is -2.49. The molecule has 0 saturated carbocycles. The third-order valence-electron chi connectivity index (χ3n) is 4.55. The van der Waals surface area contributed by atoms with Gasteiger partial charge >= 0.3 is 0 Å². The largest absolute Gasteiger partial charge is 0.352 e. The molecule has 128 valence electrons. The standard InChI is InChI=1S/C18H20N6O/c25-18(6-3-15-2-1-7-19-14-15)23-12-10-22(11-13-23)17-5-4-16-20-8-9-24(16)21-17/h1-2,4-5,7-9,14H,3,6,10-13H2. The van der Waals surface area contributed by atoms with Crippen molar-refractivity contribution in [3.63, 3.8) is 0 Å². The van der Waals surface area contributed by atoms with E-state index in [9.17, 15) is 4.79 Å². The molecule has 7 nitrogen and oxygen atoms in total. The molecule has 1 aliphatic rings. The van der Waals surface area contributed by atoms with Gasteiger partial charge in [0.1, 0.15) is 5.82 Å². The maximum atomic E-state index is 12.4. The van der Waals surface area contributed by atoms with E-state index in [4.69, 9.17) is 0 Å². The number of nitrogens with zero attached hydrogens (tertiary/aromatic N) is 6. The number of amides is 1. The van der Waals surface area contributed by atoms with E-state index in [1.807, 2.05) is 41.6 Å². The minimum Gasteiger partial charge on any atom is -0.352 e. The van der Waals surface area contributed by atoms with Crippen LogP contribution in [0.4, 0.5) is 5.82 Å². The first-order valence-electron chi connectivity index (χ1n) is 8.52. The summed E-state index contributed by atoms with van der Waals surface area (Å²) in [6.45, 7) is 3.06. The number of pyridine rings is 1. The van der Waals surface area contributed by atoms with Crippen molar-refractivity contribution in [1.82, 2.24) is 24.5 Å². The molecule has 25 heavy (non-hydrogen) atoms. The van der Waals surface area contributed by atoms with Crippen LogP contribution in [0.2, 0.25) is 0 Å². The number of anilines is 1. The molecule has 4 heterocycles. The number of piperazine rings is 1. The van der Waals surface area contributed by atoms with Crippen LogP contribution >= 0.6 is 0 Å². The van der Waals surface area contributed by atoms with Gasteiger partial charge in [0.25, 0.3) is 0 Å². The Morgan fingerprint density at radius 3 is 2.76 bits per heavy atom. The molecule has 0 spiro atoms. The van der Waals surface area contributed by atoms with Gasteiger partial charge in [0, 0.05) is 57.4 Å². The Kier molecular flexibility index (Phi) is 4.28. The second kappa shape index (κ2) is 6.88. The second-order valence-electron chi connectivity index (χ2n) is 6.15. The summed E-state index contributed by atoms with van der Waals surface area (Å²) in [6.07, 6.45) is 8.43. The molecule has 0 radical (unpaired) electrons. The van der Waals surface area contributed by atoms with Crippen molar-refractivity contribution in [2.24, 2.45) is 0 Å². The molecule has 0 atom stereocenters. The summed E-state index contributed by atoms with van der Waals surface area (Å²) >= 11 is 0. The lowest BCUT2D eigenvalue weighted by Gasteiger charge is -2.35. The molecule has 4 rings (SSSR count). The summed E-state index contributed by atoms with van der Waals surface area (Å²) in [5.41, 5.74) is 1.94. The maximum Gasteiger partial charge on any atom is 0.223 e. The Morgan fingerprint density at radius 2 is 1.96 bits per heavy atom. The second-order valence-corrected chi connectivity index (χ2v) is 6.15. The van der Waals surface area contributed by atoms with Crippen molar-refractivity contribution >= 4 is 17.4 Å². The zero-order valence-corrected chi connectivity index (χ0v) is 14.0. The lowest BCUT2D eigenvalue weighted by atomic mass is 10.1. The lowest BCUT2D eigenvalue weighted by molar-refractivity contribution is -0.131. The van der Waals surface area contributed by atoms with Crippen LogP contribution in [-0.2, 0) is 11.2 Å². The molecule has 0 unspecified atom stereocenters.